The quantitative estimate of drug-likeness (QED) is 0.827. The van der Waals surface area contributed by atoms with E-state index < -0.39 is 6.04 Å². The second-order valence-corrected chi connectivity index (χ2v) is 6.91. The Bertz CT molecular complexity index is 922. The van der Waals surface area contributed by atoms with Crippen LogP contribution in [0.5, 0.6) is 0 Å². The fourth-order valence-electron chi connectivity index (χ4n) is 3.70. The van der Waals surface area contributed by atoms with Crippen molar-refractivity contribution in [1.29, 1.82) is 0 Å². The van der Waals surface area contributed by atoms with Crippen molar-refractivity contribution in [3.63, 3.8) is 0 Å². The van der Waals surface area contributed by atoms with Crippen LogP contribution in [0.4, 0.5) is 5.69 Å². The third-order valence-electron chi connectivity index (χ3n) is 5.04. The second kappa shape index (κ2) is 6.53. The van der Waals surface area contributed by atoms with Crippen LogP contribution in [0.2, 0.25) is 0 Å². The molecule has 2 N–H and O–H groups in total. The van der Waals surface area contributed by atoms with E-state index in [-0.39, 0.29) is 11.5 Å². The van der Waals surface area contributed by atoms with Crippen molar-refractivity contribution in [2.24, 2.45) is 0 Å². The largest absolute Gasteiger partial charge is 0.382 e. The molecule has 0 saturated heterocycles. The van der Waals surface area contributed by atoms with E-state index in [1.165, 1.54) is 16.3 Å². The molecule has 0 bridgehead atoms. The summed E-state index contributed by atoms with van der Waals surface area (Å²) < 4.78 is 1.51. The van der Waals surface area contributed by atoms with E-state index in [1.807, 2.05) is 6.20 Å². The number of nitrogens with zero attached hydrogens (tertiary/aromatic N) is 4. The van der Waals surface area contributed by atoms with Gasteiger partial charge >= 0.3 is 0 Å². The highest BCUT2D eigenvalue weighted by molar-refractivity contribution is 5.80. The summed E-state index contributed by atoms with van der Waals surface area (Å²) in [5.74, 6) is 0.509. The number of carbonyl (C=O) groups is 1. The molecule has 4 heterocycles. The topological polar surface area (TPSA) is 92.1 Å². The van der Waals surface area contributed by atoms with Crippen molar-refractivity contribution in [2.75, 3.05) is 19.4 Å². The van der Waals surface area contributed by atoms with E-state index in [0.29, 0.717) is 30.9 Å². The van der Waals surface area contributed by atoms with Crippen molar-refractivity contribution in [2.45, 2.75) is 38.5 Å². The molecule has 136 valence electrons. The molecule has 2 aromatic heterocycles. The van der Waals surface area contributed by atoms with Gasteiger partial charge in [0.1, 0.15) is 17.6 Å². The molecule has 0 aromatic carbocycles. The zero-order valence-electron chi connectivity index (χ0n) is 15.0. The summed E-state index contributed by atoms with van der Waals surface area (Å²) in [7, 11) is 3.74. The number of aromatic nitrogens is 3. The number of rotatable bonds is 4. The van der Waals surface area contributed by atoms with Gasteiger partial charge in [0.15, 0.2) is 0 Å². The van der Waals surface area contributed by atoms with Crippen LogP contribution < -0.4 is 16.2 Å². The molecule has 8 heteroatoms. The van der Waals surface area contributed by atoms with Crippen LogP contribution in [0.15, 0.2) is 23.3 Å². The van der Waals surface area contributed by atoms with Crippen LogP contribution in [0.1, 0.15) is 35.1 Å². The van der Waals surface area contributed by atoms with Gasteiger partial charge in [-0.25, -0.2) is 4.98 Å². The number of hydrogen-bond acceptors (Lipinski definition) is 6. The van der Waals surface area contributed by atoms with E-state index in [4.69, 9.17) is 0 Å². The molecule has 8 nitrogen and oxygen atoms in total. The summed E-state index contributed by atoms with van der Waals surface area (Å²) in [4.78, 5) is 36.2. The highest BCUT2D eigenvalue weighted by Gasteiger charge is 2.30. The number of nitrogens with one attached hydrogen (secondary N) is 2. The Morgan fingerprint density at radius 3 is 2.96 bits per heavy atom. The van der Waals surface area contributed by atoms with Crippen LogP contribution in [0.25, 0.3) is 0 Å². The lowest BCUT2D eigenvalue weighted by Crippen LogP contribution is -2.36. The standard InChI is InChI=1S/C18H22N6O2/c1-19-13-8-21-16-4-3-15(24(16)18(13)26)17(25)22-7-11-5-12-9-23(2)10-14(12)20-6-11/h5-6,8,15,19H,3-4,7,9-10H2,1-2H3,(H,22,25). The minimum absolute atomic E-state index is 0.154. The number of aryl methyl sites for hydroxylation is 1. The summed E-state index contributed by atoms with van der Waals surface area (Å²) in [5.41, 5.74) is 3.49. The zero-order chi connectivity index (χ0) is 18.3. The summed E-state index contributed by atoms with van der Waals surface area (Å²) in [6, 6.07) is 1.59. The Balaban J connectivity index is 1.48. The highest BCUT2D eigenvalue weighted by atomic mass is 16.2. The summed E-state index contributed by atoms with van der Waals surface area (Å²) in [6.45, 7) is 2.15. The maximum atomic E-state index is 12.7. The third kappa shape index (κ3) is 2.86. The first kappa shape index (κ1) is 16.7. The maximum Gasteiger partial charge on any atom is 0.277 e. The molecule has 0 spiro atoms. The number of anilines is 1. The number of fused-ring (bicyclic) bond motifs is 2. The van der Waals surface area contributed by atoms with E-state index in [9.17, 15) is 9.59 Å². The fraction of sp³-hybridized carbons (Fsp3) is 0.444. The Labute approximate surface area is 151 Å². The van der Waals surface area contributed by atoms with Crippen LogP contribution in [-0.2, 0) is 30.8 Å². The lowest BCUT2D eigenvalue weighted by molar-refractivity contribution is -0.124. The minimum Gasteiger partial charge on any atom is -0.382 e. The smallest absolute Gasteiger partial charge is 0.277 e. The summed E-state index contributed by atoms with van der Waals surface area (Å²) in [6.07, 6.45) is 4.56. The first-order valence-corrected chi connectivity index (χ1v) is 8.78. The molecule has 2 aliphatic heterocycles. The van der Waals surface area contributed by atoms with Crippen LogP contribution in [0.3, 0.4) is 0 Å². The average molecular weight is 354 g/mol. The molecular weight excluding hydrogens is 332 g/mol. The fourth-order valence-corrected chi connectivity index (χ4v) is 3.70. The number of carbonyl (C=O) groups excluding carboxylic acids is 1. The lowest BCUT2D eigenvalue weighted by atomic mass is 10.1. The Kier molecular flexibility index (Phi) is 4.20. The van der Waals surface area contributed by atoms with Gasteiger partial charge in [0.05, 0.1) is 11.9 Å². The average Bonchev–Trinajstić information content (AvgIpc) is 3.22. The van der Waals surface area contributed by atoms with Crippen molar-refractivity contribution in [1.82, 2.24) is 24.8 Å². The molecule has 4 rings (SSSR count). The lowest BCUT2D eigenvalue weighted by Gasteiger charge is -2.15. The van der Waals surface area contributed by atoms with Gasteiger partial charge in [-0.15, -0.1) is 0 Å². The van der Waals surface area contributed by atoms with Crippen LogP contribution >= 0.6 is 0 Å². The zero-order valence-corrected chi connectivity index (χ0v) is 15.0. The normalized spacial score (nSPS) is 18.5. The Morgan fingerprint density at radius 2 is 2.15 bits per heavy atom. The first-order valence-electron chi connectivity index (χ1n) is 8.78. The second-order valence-electron chi connectivity index (χ2n) is 6.91. The van der Waals surface area contributed by atoms with E-state index in [1.54, 1.807) is 7.05 Å². The molecule has 0 aliphatic carbocycles. The molecule has 2 aliphatic rings. The molecule has 2 aromatic rings. The van der Waals surface area contributed by atoms with Crippen molar-refractivity contribution in [3.8, 4) is 0 Å². The SMILES string of the molecule is CNc1cnc2n(c1=O)C(C(=O)NCc1cnc3c(c1)CN(C)C3)CC2. The Morgan fingerprint density at radius 1 is 1.31 bits per heavy atom. The summed E-state index contributed by atoms with van der Waals surface area (Å²) >= 11 is 0. The maximum absolute atomic E-state index is 12.7. The Hall–Kier alpha value is -2.74. The van der Waals surface area contributed by atoms with Gasteiger partial charge in [-0.1, -0.05) is 0 Å². The molecule has 0 saturated carbocycles. The van der Waals surface area contributed by atoms with Gasteiger partial charge in [-0.2, -0.15) is 0 Å². The van der Waals surface area contributed by atoms with E-state index in [0.717, 1.165) is 24.3 Å². The molecule has 0 fully saturated rings. The number of hydrogen-bond donors (Lipinski definition) is 2. The molecule has 1 atom stereocenters. The van der Waals surface area contributed by atoms with Gasteiger partial charge in [0.25, 0.3) is 5.56 Å². The van der Waals surface area contributed by atoms with Gasteiger partial charge in [-0.05, 0) is 30.7 Å². The number of pyridine rings is 1. The van der Waals surface area contributed by atoms with Crippen LogP contribution in [0, 0.1) is 0 Å². The van der Waals surface area contributed by atoms with Gasteiger partial charge in [0, 0.05) is 39.3 Å². The third-order valence-corrected chi connectivity index (χ3v) is 5.04. The van der Waals surface area contributed by atoms with Gasteiger partial charge in [0.2, 0.25) is 5.91 Å². The van der Waals surface area contributed by atoms with E-state index in [2.05, 4.69) is 38.6 Å². The van der Waals surface area contributed by atoms with Crippen LogP contribution in [-0.4, -0.2) is 39.4 Å². The molecule has 1 amide bonds. The first-order chi connectivity index (χ1) is 12.6. The summed E-state index contributed by atoms with van der Waals surface area (Å²) in [5, 5.41) is 5.78. The monoisotopic (exact) mass is 354 g/mol. The highest BCUT2D eigenvalue weighted by Crippen LogP contribution is 2.24. The minimum atomic E-state index is -0.508. The van der Waals surface area contributed by atoms with E-state index >= 15 is 0 Å². The van der Waals surface area contributed by atoms with Gasteiger partial charge < -0.3 is 10.6 Å². The molecule has 26 heavy (non-hydrogen) atoms. The van der Waals surface area contributed by atoms with Crippen molar-refractivity contribution in [3.05, 3.63) is 51.5 Å². The molecule has 1 unspecified atom stereocenters. The number of amides is 1. The van der Waals surface area contributed by atoms with Crippen molar-refractivity contribution >= 4 is 11.6 Å². The molecular formula is C18H22N6O2. The molecule has 0 radical (unpaired) electrons. The van der Waals surface area contributed by atoms with Gasteiger partial charge in [-0.3, -0.25) is 24.0 Å². The predicted molar refractivity (Wildman–Crippen MR) is 96.7 cm³/mol. The van der Waals surface area contributed by atoms with Crippen molar-refractivity contribution < 1.29 is 4.79 Å². The predicted octanol–water partition coefficient (Wildman–Crippen LogP) is 0.429.